The Hall–Kier alpha value is -3.28. The number of carbonyl (C=O) groups excluding carboxylic acids is 2. The van der Waals surface area contributed by atoms with E-state index in [0.29, 0.717) is 22.5 Å². The first-order chi connectivity index (χ1) is 13.2. The van der Waals surface area contributed by atoms with Crippen LogP contribution in [0.5, 0.6) is 0 Å². The average molecular weight is 376 g/mol. The molecule has 0 fully saturated rings. The van der Waals surface area contributed by atoms with Gasteiger partial charge in [-0.1, -0.05) is 12.1 Å². The Morgan fingerprint density at radius 3 is 1.36 bits per heavy atom. The number of nitrogens with two attached hydrogens (primary N) is 2. The summed E-state index contributed by atoms with van der Waals surface area (Å²) in [5.41, 5.74) is 17.0. The standard InChI is InChI=1S/C22H24N4O2/c1-11(2)25-17-9-13(23)5-7-15(17)19(21(25)27)20-16-8-6-14(24)10-18(16)26(12(3)4)22(20)28/h5-12H,23-24H2,1-4H3/b20-19+. The van der Waals surface area contributed by atoms with Crippen LogP contribution >= 0.6 is 0 Å². The highest BCUT2D eigenvalue weighted by Gasteiger charge is 2.43. The van der Waals surface area contributed by atoms with Gasteiger partial charge in [-0.25, -0.2) is 0 Å². The summed E-state index contributed by atoms with van der Waals surface area (Å²) in [6.45, 7) is 7.79. The van der Waals surface area contributed by atoms with Gasteiger partial charge in [-0.3, -0.25) is 9.59 Å². The van der Waals surface area contributed by atoms with Gasteiger partial charge in [0, 0.05) is 34.6 Å². The van der Waals surface area contributed by atoms with Gasteiger partial charge >= 0.3 is 0 Å². The summed E-state index contributed by atoms with van der Waals surface area (Å²) in [4.78, 5) is 30.3. The van der Waals surface area contributed by atoms with Crippen molar-refractivity contribution in [2.45, 2.75) is 39.8 Å². The highest BCUT2D eigenvalue weighted by atomic mass is 16.2. The van der Waals surface area contributed by atoms with Crippen LogP contribution in [0, 0.1) is 0 Å². The Labute approximate surface area is 164 Å². The molecule has 6 nitrogen and oxygen atoms in total. The third-order valence-corrected chi connectivity index (χ3v) is 5.25. The number of rotatable bonds is 2. The van der Waals surface area contributed by atoms with E-state index in [0.717, 1.165) is 22.5 Å². The van der Waals surface area contributed by atoms with E-state index < -0.39 is 0 Å². The zero-order valence-electron chi connectivity index (χ0n) is 16.5. The van der Waals surface area contributed by atoms with E-state index in [1.54, 1.807) is 34.1 Å². The fraction of sp³-hybridized carbons (Fsp3) is 0.273. The van der Waals surface area contributed by atoms with Crippen molar-refractivity contribution in [3.63, 3.8) is 0 Å². The molecule has 2 aliphatic rings. The van der Waals surface area contributed by atoms with Crippen LogP contribution in [-0.4, -0.2) is 23.9 Å². The molecule has 0 radical (unpaired) electrons. The van der Waals surface area contributed by atoms with Crippen molar-refractivity contribution < 1.29 is 9.59 Å². The number of anilines is 4. The van der Waals surface area contributed by atoms with Crippen LogP contribution in [-0.2, 0) is 9.59 Å². The molecular weight excluding hydrogens is 352 g/mol. The molecule has 0 aromatic heterocycles. The van der Waals surface area contributed by atoms with Gasteiger partial charge in [-0.15, -0.1) is 0 Å². The lowest BCUT2D eigenvalue weighted by atomic mass is 9.96. The summed E-state index contributed by atoms with van der Waals surface area (Å²) < 4.78 is 0. The van der Waals surface area contributed by atoms with Gasteiger partial charge < -0.3 is 21.3 Å². The molecule has 0 saturated carbocycles. The molecule has 2 heterocycles. The molecule has 0 atom stereocenters. The third kappa shape index (κ3) is 2.41. The molecule has 2 aliphatic heterocycles. The van der Waals surface area contributed by atoms with E-state index in [-0.39, 0.29) is 23.9 Å². The molecule has 2 amide bonds. The van der Waals surface area contributed by atoms with Crippen molar-refractivity contribution in [2.75, 3.05) is 21.3 Å². The number of benzene rings is 2. The molecule has 144 valence electrons. The van der Waals surface area contributed by atoms with E-state index in [2.05, 4.69) is 0 Å². The van der Waals surface area contributed by atoms with E-state index >= 15 is 0 Å². The Balaban J connectivity index is 2.05. The summed E-state index contributed by atoms with van der Waals surface area (Å²) in [5.74, 6) is -0.348. The second-order valence-corrected chi connectivity index (χ2v) is 7.84. The van der Waals surface area contributed by atoms with E-state index in [1.807, 2.05) is 39.8 Å². The first-order valence-electron chi connectivity index (χ1n) is 9.43. The minimum atomic E-state index is -0.174. The van der Waals surface area contributed by atoms with Crippen molar-refractivity contribution >= 4 is 45.7 Å². The lowest BCUT2D eigenvalue weighted by Gasteiger charge is -2.22. The molecule has 0 bridgehead atoms. The molecule has 0 unspecified atom stereocenters. The lowest BCUT2D eigenvalue weighted by molar-refractivity contribution is -0.115. The topological polar surface area (TPSA) is 92.7 Å². The maximum absolute atomic E-state index is 13.4. The SMILES string of the molecule is CC(C)N1C(=O)/C(=C2/C(=O)N(C(C)C)c3cc(N)ccc32)c2ccc(N)cc21. The molecule has 0 saturated heterocycles. The molecule has 4 N–H and O–H groups in total. The number of hydrogen-bond donors (Lipinski definition) is 2. The number of nitrogens with zero attached hydrogens (tertiary/aromatic N) is 2. The van der Waals surface area contributed by atoms with Gasteiger partial charge in [0.25, 0.3) is 11.8 Å². The minimum Gasteiger partial charge on any atom is -0.399 e. The highest BCUT2D eigenvalue weighted by molar-refractivity contribution is 6.50. The maximum Gasteiger partial charge on any atom is 0.260 e. The molecule has 2 aromatic rings. The smallest absolute Gasteiger partial charge is 0.260 e. The second kappa shape index (κ2) is 6.12. The van der Waals surface area contributed by atoms with Crippen LogP contribution in [0.3, 0.4) is 0 Å². The molecule has 4 rings (SSSR count). The van der Waals surface area contributed by atoms with E-state index in [1.165, 1.54) is 0 Å². The summed E-state index contributed by atoms with van der Waals surface area (Å²) in [7, 11) is 0. The Morgan fingerprint density at radius 1 is 0.679 bits per heavy atom. The highest BCUT2D eigenvalue weighted by Crippen LogP contribution is 2.48. The Kier molecular flexibility index (Phi) is 3.96. The zero-order chi connectivity index (χ0) is 20.3. The minimum absolute atomic E-state index is 0.0604. The first kappa shape index (κ1) is 18.1. The van der Waals surface area contributed by atoms with E-state index in [4.69, 9.17) is 11.5 Å². The normalized spacial score (nSPS) is 18.5. The summed E-state index contributed by atoms with van der Waals surface area (Å²) >= 11 is 0. The van der Waals surface area contributed by atoms with Gasteiger partial charge in [0.1, 0.15) is 0 Å². The van der Waals surface area contributed by atoms with Gasteiger partial charge in [0.15, 0.2) is 0 Å². The zero-order valence-corrected chi connectivity index (χ0v) is 16.5. The van der Waals surface area contributed by atoms with Crippen molar-refractivity contribution in [1.29, 1.82) is 0 Å². The monoisotopic (exact) mass is 376 g/mol. The van der Waals surface area contributed by atoms with Gasteiger partial charge in [0.2, 0.25) is 0 Å². The van der Waals surface area contributed by atoms with Crippen LogP contribution in [0.2, 0.25) is 0 Å². The van der Waals surface area contributed by atoms with Crippen LogP contribution in [0.15, 0.2) is 36.4 Å². The summed E-state index contributed by atoms with van der Waals surface area (Å²) in [6.07, 6.45) is 0. The fourth-order valence-corrected chi connectivity index (χ4v) is 4.12. The fourth-order valence-electron chi connectivity index (χ4n) is 4.12. The van der Waals surface area contributed by atoms with Gasteiger partial charge in [0.05, 0.1) is 22.5 Å². The average Bonchev–Trinajstić information content (AvgIpc) is 3.03. The number of amides is 2. The summed E-state index contributed by atoms with van der Waals surface area (Å²) in [6, 6.07) is 10.7. The lowest BCUT2D eigenvalue weighted by Crippen LogP contribution is -2.35. The van der Waals surface area contributed by atoms with Crippen LogP contribution in [0.4, 0.5) is 22.7 Å². The quantitative estimate of drug-likeness (QED) is 0.621. The third-order valence-electron chi connectivity index (χ3n) is 5.25. The van der Waals surface area contributed by atoms with Crippen molar-refractivity contribution in [2.24, 2.45) is 0 Å². The Morgan fingerprint density at radius 2 is 1.04 bits per heavy atom. The maximum atomic E-state index is 13.4. The number of nitrogen functional groups attached to an aromatic ring is 2. The van der Waals surface area contributed by atoms with E-state index in [9.17, 15) is 9.59 Å². The van der Waals surface area contributed by atoms with Crippen molar-refractivity contribution in [3.05, 3.63) is 47.5 Å². The number of carbonyl (C=O) groups is 2. The Bertz CT molecular complexity index is 969. The number of hydrogen-bond acceptors (Lipinski definition) is 4. The van der Waals surface area contributed by atoms with Crippen molar-refractivity contribution in [1.82, 2.24) is 0 Å². The number of fused-ring (bicyclic) bond motifs is 2. The van der Waals surface area contributed by atoms with Crippen LogP contribution < -0.4 is 21.3 Å². The van der Waals surface area contributed by atoms with Gasteiger partial charge in [-0.05, 0) is 52.0 Å². The molecule has 0 spiro atoms. The van der Waals surface area contributed by atoms with Crippen LogP contribution in [0.25, 0.3) is 11.1 Å². The predicted molar refractivity (Wildman–Crippen MR) is 114 cm³/mol. The van der Waals surface area contributed by atoms with Crippen molar-refractivity contribution in [3.8, 4) is 0 Å². The second-order valence-electron chi connectivity index (χ2n) is 7.84. The van der Waals surface area contributed by atoms with Crippen LogP contribution in [0.1, 0.15) is 38.8 Å². The predicted octanol–water partition coefficient (Wildman–Crippen LogP) is 3.27. The van der Waals surface area contributed by atoms with Gasteiger partial charge in [-0.2, -0.15) is 0 Å². The molecule has 28 heavy (non-hydrogen) atoms. The molecule has 2 aromatic carbocycles. The largest absolute Gasteiger partial charge is 0.399 e. The molecule has 0 aliphatic carbocycles. The molecular formula is C22H24N4O2. The summed E-state index contributed by atoms with van der Waals surface area (Å²) in [5, 5.41) is 0. The first-order valence-corrected chi connectivity index (χ1v) is 9.43. The molecule has 6 heteroatoms.